The maximum Gasteiger partial charge on any atom is 0.277 e. The van der Waals surface area contributed by atoms with E-state index in [1.54, 1.807) is 13.2 Å². The number of ether oxygens (including phenoxy) is 1. The Morgan fingerprint density at radius 1 is 1.24 bits per heavy atom. The molecule has 29 heavy (non-hydrogen) atoms. The molecular weight excluding hydrogens is 400 g/mol. The summed E-state index contributed by atoms with van der Waals surface area (Å²) in [5, 5.41) is 6.57. The number of hydrogen-bond acceptors (Lipinski definition) is 6. The van der Waals surface area contributed by atoms with Gasteiger partial charge in [0.1, 0.15) is 21.6 Å². The molecule has 4 rings (SSSR count). The zero-order valence-corrected chi connectivity index (χ0v) is 16.6. The number of amides is 1. The molecule has 1 aromatic carbocycles. The Kier molecular flexibility index (Phi) is 6.89. The van der Waals surface area contributed by atoms with E-state index in [4.69, 9.17) is 10.5 Å². The third-order valence-electron chi connectivity index (χ3n) is 4.09. The number of carbonyl (C=O) groups excluding carboxylic acids is 1. The largest absolute Gasteiger partial charge is 0.389 e. The Labute approximate surface area is 170 Å². The predicted octanol–water partition coefficient (Wildman–Crippen LogP) is 3.84. The molecule has 7 nitrogen and oxygen atoms in total. The van der Waals surface area contributed by atoms with Crippen molar-refractivity contribution in [2.75, 3.05) is 24.3 Å². The van der Waals surface area contributed by atoms with Crippen molar-refractivity contribution in [3.63, 3.8) is 0 Å². The average molecular weight is 421 g/mol. The lowest BCUT2D eigenvalue weighted by Gasteiger charge is -2.08. The molecule has 1 aliphatic heterocycles. The van der Waals surface area contributed by atoms with E-state index >= 15 is 0 Å². The lowest BCUT2D eigenvalue weighted by molar-refractivity contribution is 0.0968. The zero-order chi connectivity index (χ0) is 20.8. The molecule has 0 unspecified atom stereocenters. The normalized spacial score (nSPS) is 13.5. The molecule has 0 radical (unpaired) electrons. The van der Waals surface area contributed by atoms with Gasteiger partial charge in [0.2, 0.25) is 0 Å². The molecule has 2 aromatic heterocycles. The Balaban J connectivity index is 0.000000343. The molecular formula is C19H21F2N5O2S. The van der Waals surface area contributed by atoms with Gasteiger partial charge in [-0.1, -0.05) is 17.4 Å². The van der Waals surface area contributed by atoms with Crippen molar-refractivity contribution in [1.82, 2.24) is 14.8 Å². The minimum Gasteiger partial charge on any atom is -0.389 e. The standard InChI is InChI=1S/C14H11F2N5OS.C5H10O/c1-21-6-7(5-18-21)19-13(22)11-12(17)23-14(20-11)10-8(15)3-2-4-9(10)16;1-2-4-6-5-3-1/h2-6H,17H2,1H3,(H,19,22);1-5H2. The molecule has 3 N–H and O–H groups in total. The van der Waals surface area contributed by atoms with Gasteiger partial charge in [-0.3, -0.25) is 9.48 Å². The first-order valence-electron chi connectivity index (χ1n) is 9.04. The highest BCUT2D eigenvalue weighted by atomic mass is 32.1. The van der Waals surface area contributed by atoms with E-state index in [1.165, 1.54) is 36.2 Å². The summed E-state index contributed by atoms with van der Waals surface area (Å²) in [4.78, 5) is 16.2. The van der Waals surface area contributed by atoms with E-state index in [1.807, 2.05) is 0 Å². The highest BCUT2D eigenvalue weighted by Crippen LogP contribution is 2.33. The minimum absolute atomic E-state index is 0.00874. The second-order valence-electron chi connectivity index (χ2n) is 6.36. The van der Waals surface area contributed by atoms with Crippen LogP contribution in [0.1, 0.15) is 29.8 Å². The molecule has 1 saturated heterocycles. The molecule has 0 spiro atoms. The third-order valence-corrected chi connectivity index (χ3v) is 4.99. The summed E-state index contributed by atoms with van der Waals surface area (Å²) in [6, 6.07) is 3.48. The first-order chi connectivity index (χ1) is 14.0. The van der Waals surface area contributed by atoms with Crippen molar-refractivity contribution >= 4 is 27.9 Å². The van der Waals surface area contributed by atoms with E-state index in [-0.39, 0.29) is 21.3 Å². The van der Waals surface area contributed by atoms with Gasteiger partial charge in [0.25, 0.3) is 5.91 Å². The number of thiazole rings is 1. The first-order valence-corrected chi connectivity index (χ1v) is 9.86. The number of nitrogen functional groups attached to an aromatic ring is 1. The predicted molar refractivity (Wildman–Crippen MR) is 108 cm³/mol. The lowest BCUT2D eigenvalue weighted by atomic mass is 10.2. The van der Waals surface area contributed by atoms with Crippen LogP contribution < -0.4 is 11.1 Å². The number of anilines is 2. The number of hydrogen-bond donors (Lipinski definition) is 2. The van der Waals surface area contributed by atoms with Crippen molar-refractivity contribution in [3.05, 3.63) is 47.9 Å². The van der Waals surface area contributed by atoms with Crippen LogP contribution in [0.5, 0.6) is 0 Å². The van der Waals surface area contributed by atoms with E-state index in [9.17, 15) is 13.6 Å². The summed E-state index contributed by atoms with van der Waals surface area (Å²) in [6.45, 7) is 2.00. The molecule has 0 atom stereocenters. The number of benzene rings is 1. The zero-order valence-electron chi connectivity index (χ0n) is 15.8. The Morgan fingerprint density at radius 3 is 2.45 bits per heavy atom. The van der Waals surface area contributed by atoms with Gasteiger partial charge in [-0.25, -0.2) is 13.8 Å². The number of nitrogens with one attached hydrogen (secondary N) is 1. The van der Waals surface area contributed by atoms with Crippen LogP contribution >= 0.6 is 11.3 Å². The van der Waals surface area contributed by atoms with E-state index in [2.05, 4.69) is 15.4 Å². The molecule has 1 amide bonds. The van der Waals surface area contributed by atoms with E-state index in [0.29, 0.717) is 5.69 Å². The molecule has 0 saturated carbocycles. The van der Waals surface area contributed by atoms with Crippen LogP contribution in [-0.4, -0.2) is 33.9 Å². The average Bonchev–Trinajstić information content (AvgIpc) is 3.29. The van der Waals surface area contributed by atoms with Crippen LogP contribution in [0.3, 0.4) is 0 Å². The van der Waals surface area contributed by atoms with Crippen LogP contribution in [0.2, 0.25) is 0 Å². The van der Waals surface area contributed by atoms with Crippen molar-refractivity contribution in [3.8, 4) is 10.6 Å². The molecule has 1 aliphatic rings. The Hall–Kier alpha value is -2.85. The van der Waals surface area contributed by atoms with Gasteiger partial charge in [-0.05, 0) is 31.4 Å². The summed E-state index contributed by atoms with van der Waals surface area (Å²) in [7, 11) is 1.70. The number of nitrogens with zero attached hydrogens (tertiary/aromatic N) is 3. The van der Waals surface area contributed by atoms with Gasteiger partial charge in [-0.2, -0.15) is 5.10 Å². The lowest BCUT2D eigenvalue weighted by Crippen LogP contribution is -2.13. The number of carbonyl (C=O) groups is 1. The number of rotatable bonds is 3. The second kappa shape index (κ2) is 9.57. The molecule has 3 aromatic rings. The van der Waals surface area contributed by atoms with Gasteiger partial charge in [0, 0.05) is 26.5 Å². The molecule has 154 valence electrons. The van der Waals surface area contributed by atoms with Crippen molar-refractivity contribution in [1.29, 1.82) is 0 Å². The van der Waals surface area contributed by atoms with Crippen molar-refractivity contribution in [2.24, 2.45) is 7.05 Å². The van der Waals surface area contributed by atoms with Crippen LogP contribution in [0.4, 0.5) is 19.5 Å². The van der Waals surface area contributed by atoms with Gasteiger partial charge in [-0.15, -0.1) is 0 Å². The summed E-state index contributed by atoms with van der Waals surface area (Å²) < 4.78 is 34.2. The quantitative estimate of drug-likeness (QED) is 0.670. The summed E-state index contributed by atoms with van der Waals surface area (Å²) >= 11 is 0.845. The van der Waals surface area contributed by atoms with Crippen LogP contribution in [0.25, 0.3) is 10.6 Å². The van der Waals surface area contributed by atoms with Crippen molar-refractivity contribution < 1.29 is 18.3 Å². The van der Waals surface area contributed by atoms with Crippen molar-refractivity contribution in [2.45, 2.75) is 19.3 Å². The fraction of sp³-hybridized carbons (Fsp3) is 0.316. The number of nitrogens with two attached hydrogens (primary N) is 1. The van der Waals surface area contributed by atoms with Crippen LogP contribution in [0.15, 0.2) is 30.6 Å². The fourth-order valence-electron chi connectivity index (χ4n) is 2.67. The smallest absolute Gasteiger partial charge is 0.277 e. The monoisotopic (exact) mass is 421 g/mol. The Morgan fingerprint density at radius 2 is 1.93 bits per heavy atom. The SMILES string of the molecule is C1CCOCC1.Cn1cc(NC(=O)c2nc(-c3c(F)cccc3F)sc2N)cn1. The molecule has 0 bridgehead atoms. The maximum absolute atomic E-state index is 13.8. The van der Waals surface area contributed by atoms with Gasteiger partial charge >= 0.3 is 0 Å². The van der Waals surface area contributed by atoms with Gasteiger partial charge in [0.05, 0.1) is 17.4 Å². The van der Waals surface area contributed by atoms with Gasteiger partial charge in [0.15, 0.2) is 5.69 Å². The summed E-state index contributed by atoms with van der Waals surface area (Å²) in [6.07, 6.45) is 6.98. The fourth-order valence-corrected chi connectivity index (χ4v) is 3.54. The summed E-state index contributed by atoms with van der Waals surface area (Å²) in [5.74, 6) is -2.11. The molecule has 10 heteroatoms. The number of halogens is 2. The summed E-state index contributed by atoms with van der Waals surface area (Å²) in [5.41, 5.74) is 5.84. The topological polar surface area (TPSA) is 95.1 Å². The van der Waals surface area contributed by atoms with Crippen LogP contribution in [-0.2, 0) is 11.8 Å². The second-order valence-corrected chi connectivity index (χ2v) is 7.39. The minimum atomic E-state index is -0.766. The van der Waals surface area contributed by atoms with Crippen LogP contribution in [0, 0.1) is 11.6 Å². The molecule has 3 heterocycles. The maximum atomic E-state index is 13.8. The Bertz CT molecular complexity index is 953. The van der Waals surface area contributed by atoms with Gasteiger partial charge < -0.3 is 15.8 Å². The highest BCUT2D eigenvalue weighted by Gasteiger charge is 2.21. The van der Waals surface area contributed by atoms with E-state index in [0.717, 1.165) is 36.7 Å². The third kappa shape index (κ3) is 5.36. The highest BCUT2D eigenvalue weighted by molar-refractivity contribution is 7.19. The number of aryl methyl sites for hydroxylation is 1. The molecule has 0 aliphatic carbocycles. The van der Waals surface area contributed by atoms with E-state index < -0.39 is 17.5 Å². The first kappa shape index (κ1) is 20.9. The number of aromatic nitrogens is 3. The molecule has 1 fully saturated rings.